The number of carbonyl (C=O) groups is 1. The van der Waals surface area contributed by atoms with Crippen LogP contribution >= 0.6 is 11.6 Å². The maximum atomic E-state index is 12.1. The van der Waals surface area contributed by atoms with Crippen LogP contribution in [-0.2, 0) is 14.3 Å². The maximum Gasteiger partial charge on any atom is 0.341 e. The van der Waals surface area contributed by atoms with Gasteiger partial charge in [-0.3, -0.25) is 0 Å². The summed E-state index contributed by atoms with van der Waals surface area (Å²) in [6.07, 6.45) is 5.08. The van der Waals surface area contributed by atoms with E-state index in [1.807, 2.05) is 72.8 Å². The highest BCUT2D eigenvalue weighted by Gasteiger charge is 2.15. The highest BCUT2D eigenvalue weighted by Crippen LogP contribution is 2.30. The molecule has 0 unspecified atom stereocenters. The molecule has 0 bridgehead atoms. The van der Waals surface area contributed by atoms with Gasteiger partial charge in [0.15, 0.2) is 0 Å². The van der Waals surface area contributed by atoms with Crippen LogP contribution in [0.5, 0.6) is 0 Å². The van der Waals surface area contributed by atoms with Crippen molar-refractivity contribution in [3.63, 3.8) is 0 Å². The van der Waals surface area contributed by atoms with Gasteiger partial charge in [0.2, 0.25) is 0 Å². The van der Waals surface area contributed by atoms with Gasteiger partial charge in [0, 0.05) is 5.56 Å². The van der Waals surface area contributed by atoms with Gasteiger partial charge in [0.05, 0.1) is 25.5 Å². The SMILES string of the molecule is COC=C(C(=O)OC)c1ccccc1C=Cc1ccc(-c2ccccc2Cl)o1. The number of hydrogen-bond acceptors (Lipinski definition) is 4. The predicted molar refractivity (Wildman–Crippen MR) is 112 cm³/mol. The summed E-state index contributed by atoms with van der Waals surface area (Å²) in [6, 6.07) is 18.7. The van der Waals surface area contributed by atoms with Gasteiger partial charge in [0.1, 0.15) is 17.1 Å². The molecule has 0 aliphatic rings. The van der Waals surface area contributed by atoms with E-state index < -0.39 is 5.97 Å². The van der Waals surface area contributed by atoms with Crippen molar-refractivity contribution in [2.45, 2.75) is 0 Å². The molecule has 1 aromatic heterocycles. The molecule has 1 heterocycles. The molecule has 0 fully saturated rings. The average molecular weight is 395 g/mol. The number of ether oxygens (including phenoxy) is 2. The quantitative estimate of drug-likeness (QED) is 0.295. The summed E-state index contributed by atoms with van der Waals surface area (Å²) < 4.78 is 15.8. The molecule has 28 heavy (non-hydrogen) atoms. The molecule has 0 aliphatic carbocycles. The second-order valence-electron chi connectivity index (χ2n) is 5.86. The first kappa shape index (κ1) is 19.5. The van der Waals surface area contributed by atoms with E-state index in [4.69, 9.17) is 25.5 Å². The number of rotatable bonds is 6. The van der Waals surface area contributed by atoms with Crippen LogP contribution in [0.15, 0.2) is 71.3 Å². The second kappa shape index (κ2) is 9.11. The smallest absolute Gasteiger partial charge is 0.341 e. The van der Waals surface area contributed by atoms with Gasteiger partial charge in [-0.2, -0.15) is 0 Å². The largest absolute Gasteiger partial charge is 0.503 e. The molecule has 5 heteroatoms. The Labute approximate surface area is 168 Å². The molecule has 3 rings (SSSR count). The van der Waals surface area contributed by atoms with Gasteiger partial charge in [-0.05, 0) is 41.5 Å². The zero-order chi connectivity index (χ0) is 19.9. The lowest BCUT2D eigenvalue weighted by molar-refractivity contribution is -0.133. The number of halogens is 1. The standard InChI is InChI=1S/C23H19ClO4/c1-26-15-20(23(25)27-2)18-8-4-3-7-16(18)11-12-17-13-14-22(28-17)19-9-5-6-10-21(19)24/h3-15H,1-2H3. The Morgan fingerprint density at radius 1 is 0.964 bits per heavy atom. The number of hydrogen-bond donors (Lipinski definition) is 0. The van der Waals surface area contributed by atoms with Crippen molar-refractivity contribution in [2.75, 3.05) is 14.2 Å². The summed E-state index contributed by atoms with van der Waals surface area (Å²) in [4.78, 5) is 12.1. The molecule has 0 saturated carbocycles. The van der Waals surface area contributed by atoms with E-state index in [9.17, 15) is 4.79 Å². The van der Waals surface area contributed by atoms with Crippen LogP contribution in [0.1, 0.15) is 16.9 Å². The second-order valence-corrected chi connectivity index (χ2v) is 6.27. The fraction of sp³-hybridized carbons (Fsp3) is 0.0870. The Bertz CT molecular complexity index is 1030. The lowest BCUT2D eigenvalue weighted by Crippen LogP contribution is -2.05. The molecule has 0 atom stereocenters. The van der Waals surface area contributed by atoms with Crippen LogP contribution in [0, 0.1) is 0 Å². The van der Waals surface area contributed by atoms with Crippen molar-refractivity contribution in [1.29, 1.82) is 0 Å². The van der Waals surface area contributed by atoms with E-state index in [2.05, 4.69) is 0 Å². The third-order valence-corrected chi connectivity index (χ3v) is 4.41. The van der Waals surface area contributed by atoms with Crippen LogP contribution in [0.2, 0.25) is 5.02 Å². The minimum atomic E-state index is -0.471. The van der Waals surface area contributed by atoms with E-state index in [1.54, 1.807) is 0 Å². The molecule has 0 aliphatic heterocycles. The number of benzene rings is 2. The Balaban J connectivity index is 1.91. The summed E-state index contributed by atoms with van der Waals surface area (Å²) in [6.45, 7) is 0. The van der Waals surface area contributed by atoms with Crippen LogP contribution in [-0.4, -0.2) is 20.2 Å². The summed E-state index contributed by atoms with van der Waals surface area (Å²) in [5.74, 6) is 0.884. The summed E-state index contributed by atoms with van der Waals surface area (Å²) in [7, 11) is 2.82. The van der Waals surface area contributed by atoms with Crippen molar-refractivity contribution in [3.05, 3.63) is 88.8 Å². The van der Waals surface area contributed by atoms with Crippen LogP contribution in [0.4, 0.5) is 0 Å². The fourth-order valence-electron chi connectivity index (χ4n) is 2.76. The minimum Gasteiger partial charge on any atom is -0.503 e. The lowest BCUT2D eigenvalue weighted by atomic mass is 10.00. The molecule has 4 nitrogen and oxygen atoms in total. The number of methoxy groups -OCH3 is 2. The van der Waals surface area contributed by atoms with Gasteiger partial charge in [0.25, 0.3) is 0 Å². The first-order valence-corrected chi connectivity index (χ1v) is 8.95. The van der Waals surface area contributed by atoms with Crippen LogP contribution < -0.4 is 0 Å². The third kappa shape index (κ3) is 4.35. The van der Waals surface area contributed by atoms with E-state index in [0.717, 1.165) is 11.1 Å². The molecule has 0 amide bonds. The highest BCUT2D eigenvalue weighted by molar-refractivity contribution is 6.33. The van der Waals surface area contributed by atoms with Crippen molar-refractivity contribution in [2.24, 2.45) is 0 Å². The fourth-order valence-corrected chi connectivity index (χ4v) is 2.99. The van der Waals surface area contributed by atoms with Crippen LogP contribution in [0.25, 0.3) is 29.0 Å². The molecule has 142 valence electrons. The van der Waals surface area contributed by atoms with Crippen molar-refractivity contribution >= 4 is 35.3 Å². The Kier molecular flexibility index (Phi) is 6.35. The molecule has 0 N–H and O–H groups in total. The third-order valence-electron chi connectivity index (χ3n) is 4.09. The summed E-state index contributed by atoms with van der Waals surface area (Å²) in [5.41, 5.74) is 2.69. The zero-order valence-corrected chi connectivity index (χ0v) is 16.3. The number of carbonyl (C=O) groups excluding carboxylic acids is 1. The monoisotopic (exact) mass is 394 g/mol. The van der Waals surface area contributed by atoms with Gasteiger partial charge < -0.3 is 13.9 Å². The molecule has 0 radical (unpaired) electrons. The Morgan fingerprint density at radius 3 is 2.46 bits per heavy atom. The molecular weight excluding hydrogens is 376 g/mol. The molecule has 3 aromatic rings. The van der Waals surface area contributed by atoms with Crippen molar-refractivity contribution < 1.29 is 18.7 Å². The molecule has 0 spiro atoms. The average Bonchev–Trinajstić information content (AvgIpc) is 3.19. The van der Waals surface area contributed by atoms with E-state index >= 15 is 0 Å². The summed E-state index contributed by atoms with van der Waals surface area (Å²) >= 11 is 6.23. The predicted octanol–water partition coefficient (Wildman–Crippen LogP) is 5.93. The normalized spacial score (nSPS) is 11.6. The summed E-state index contributed by atoms with van der Waals surface area (Å²) in [5, 5.41) is 0.630. The van der Waals surface area contributed by atoms with Gasteiger partial charge in [-0.15, -0.1) is 0 Å². The Morgan fingerprint density at radius 2 is 1.71 bits per heavy atom. The van der Waals surface area contributed by atoms with Gasteiger partial charge in [-0.1, -0.05) is 54.1 Å². The van der Waals surface area contributed by atoms with E-state index in [-0.39, 0.29) is 0 Å². The minimum absolute atomic E-state index is 0.335. The first-order chi connectivity index (χ1) is 13.6. The van der Waals surface area contributed by atoms with E-state index in [0.29, 0.717) is 27.7 Å². The number of esters is 1. The topological polar surface area (TPSA) is 48.7 Å². The van der Waals surface area contributed by atoms with Gasteiger partial charge >= 0.3 is 5.97 Å². The maximum absolute atomic E-state index is 12.1. The lowest BCUT2D eigenvalue weighted by Gasteiger charge is -2.08. The zero-order valence-electron chi connectivity index (χ0n) is 15.5. The van der Waals surface area contributed by atoms with Crippen molar-refractivity contribution in [1.82, 2.24) is 0 Å². The number of furan rings is 1. The van der Waals surface area contributed by atoms with E-state index in [1.165, 1.54) is 20.5 Å². The molecule has 0 saturated heterocycles. The van der Waals surface area contributed by atoms with Crippen molar-refractivity contribution in [3.8, 4) is 11.3 Å². The molecular formula is C23H19ClO4. The first-order valence-electron chi connectivity index (χ1n) is 8.57. The molecule has 2 aromatic carbocycles. The highest BCUT2D eigenvalue weighted by atomic mass is 35.5. The Hall–Kier alpha value is -3.24. The van der Waals surface area contributed by atoms with Gasteiger partial charge in [-0.25, -0.2) is 4.79 Å². The van der Waals surface area contributed by atoms with Crippen LogP contribution in [0.3, 0.4) is 0 Å².